The summed E-state index contributed by atoms with van der Waals surface area (Å²) in [6, 6.07) is 10.7. The molecule has 0 radical (unpaired) electrons. The lowest BCUT2D eigenvalue weighted by molar-refractivity contribution is 0.0600. The number of ether oxygens (including phenoxy) is 1. The number of sulfonamides is 1. The van der Waals surface area contributed by atoms with E-state index in [-0.39, 0.29) is 16.3 Å². The molecule has 0 aromatic heterocycles. The van der Waals surface area contributed by atoms with Crippen LogP contribution >= 0.6 is 0 Å². The van der Waals surface area contributed by atoms with Crippen molar-refractivity contribution in [3.63, 3.8) is 0 Å². The molecule has 0 aliphatic heterocycles. The summed E-state index contributed by atoms with van der Waals surface area (Å²) in [5.41, 5.74) is 0.944. The van der Waals surface area contributed by atoms with E-state index in [0.29, 0.717) is 5.56 Å². The van der Waals surface area contributed by atoms with Crippen molar-refractivity contribution >= 4 is 16.0 Å². The Kier molecular flexibility index (Phi) is 5.36. The third-order valence-corrected chi connectivity index (χ3v) is 5.79. The van der Waals surface area contributed by atoms with Gasteiger partial charge in [-0.05, 0) is 48.9 Å². The van der Waals surface area contributed by atoms with Crippen molar-refractivity contribution in [3.05, 3.63) is 65.5 Å². The molecule has 128 valence electrons. The predicted molar refractivity (Wildman–Crippen MR) is 87.5 cm³/mol. The summed E-state index contributed by atoms with van der Waals surface area (Å²) in [4.78, 5) is 11.5. The number of hydrogen-bond acceptors (Lipinski definition) is 4. The van der Waals surface area contributed by atoms with Crippen LogP contribution in [0, 0.1) is 5.82 Å². The summed E-state index contributed by atoms with van der Waals surface area (Å²) in [5.74, 6) is -0.915. The molecule has 0 saturated carbocycles. The number of rotatable bonds is 5. The van der Waals surface area contributed by atoms with Crippen molar-refractivity contribution < 1.29 is 22.3 Å². The van der Waals surface area contributed by atoms with E-state index < -0.39 is 22.0 Å². The molecule has 2 aromatic carbocycles. The average molecular weight is 351 g/mol. The largest absolute Gasteiger partial charge is 0.465 e. The summed E-state index contributed by atoms with van der Waals surface area (Å²) in [5, 5.41) is 0. The van der Waals surface area contributed by atoms with Crippen molar-refractivity contribution in [2.45, 2.75) is 17.9 Å². The Bertz CT molecular complexity index is 817. The topological polar surface area (TPSA) is 63.7 Å². The standard InChI is InChI=1S/C17H18FNO4S/c1-12(13-4-8-15(18)9-5-13)19(2)24(21,22)16-10-6-14(7-11-16)17(20)23-3/h4-12H,1-3H3. The van der Waals surface area contributed by atoms with Gasteiger partial charge in [-0.3, -0.25) is 0 Å². The Hall–Kier alpha value is -2.25. The maximum absolute atomic E-state index is 13.0. The van der Waals surface area contributed by atoms with Gasteiger partial charge in [0.2, 0.25) is 10.0 Å². The van der Waals surface area contributed by atoms with E-state index in [1.807, 2.05) is 0 Å². The van der Waals surface area contributed by atoms with Crippen molar-refractivity contribution in [2.24, 2.45) is 0 Å². The smallest absolute Gasteiger partial charge is 0.337 e. The molecule has 0 amide bonds. The number of carbonyl (C=O) groups is 1. The molecule has 7 heteroatoms. The Labute approximate surface area is 140 Å². The van der Waals surface area contributed by atoms with Gasteiger partial charge in [-0.15, -0.1) is 0 Å². The second-order valence-electron chi connectivity index (χ2n) is 5.26. The third-order valence-electron chi connectivity index (χ3n) is 3.85. The van der Waals surface area contributed by atoms with Crippen molar-refractivity contribution in [1.82, 2.24) is 4.31 Å². The Balaban J connectivity index is 2.28. The van der Waals surface area contributed by atoms with Crippen LogP contribution in [0.3, 0.4) is 0 Å². The first-order chi connectivity index (χ1) is 11.3. The number of carbonyl (C=O) groups excluding carboxylic acids is 1. The number of nitrogens with zero attached hydrogens (tertiary/aromatic N) is 1. The maximum Gasteiger partial charge on any atom is 0.337 e. The minimum atomic E-state index is -3.76. The molecule has 0 aliphatic carbocycles. The quantitative estimate of drug-likeness (QED) is 0.777. The zero-order valence-electron chi connectivity index (χ0n) is 13.6. The highest BCUT2D eigenvalue weighted by Gasteiger charge is 2.26. The molecule has 24 heavy (non-hydrogen) atoms. The van der Waals surface area contributed by atoms with Gasteiger partial charge in [-0.1, -0.05) is 12.1 Å². The predicted octanol–water partition coefficient (Wildman–Crippen LogP) is 2.99. The SMILES string of the molecule is COC(=O)c1ccc(S(=O)(=O)N(C)C(C)c2ccc(F)cc2)cc1. The first-order valence-electron chi connectivity index (χ1n) is 7.19. The fourth-order valence-electron chi connectivity index (χ4n) is 2.21. The van der Waals surface area contributed by atoms with Gasteiger partial charge in [-0.2, -0.15) is 4.31 Å². The summed E-state index contributed by atoms with van der Waals surface area (Å²) >= 11 is 0. The normalized spacial score (nSPS) is 12.9. The molecule has 0 heterocycles. The highest BCUT2D eigenvalue weighted by molar-refractivity contribution is 7.89. The minimum Gasteiger partial charge on any atom is -0.465 e. The fraction of sp³-hybridized carbons (Fsp3) is 0.235. The lowest BCUT2D eigenvalue weighted by atomic mass is 10.1. The zero-order chi connectivity index (χ0) is 17.9. The van der Waals surface area contributed by atoms with Crippen LogP contribution in [0.2, 0.25) is 0 Å². The highest BCUT2D eigenvalue weighted by atomic mass is 32.2. The van der Waals surface area contributed by atoms with Gasteiger partial charge >= 0.3 is 5.97 Å². The number of esters is 1. The Morgan fingerprint density at radius 3 is 2.12 bits per heavy atom. The summed E-state index contributed by atoms with van der Waals surface area (Å²) in [6.45, 7) is 1.72. The van der Waals surface area contributed by atoms with E-state index in [9.17, 15) is 17.6 Å². The average Bonchev–Trinajstić information content (AvgIpc) is 2.60. The van der Waals surface area contributed by atoms with Crippen LogP contribution in [0.15, 0.2) is 53.4 Å². The number of benzene rings is 2. The van der Waals surface area contributed by atoms with Crippen molar-refractivity contribution in [2.75, 3.05) is 14.2 Å². The van der Waals surface area contributed by atoms with Gasteiger partial charge in [0.1, 0.15) is 5.82 Å². The van der Waals surface area contributed by atoms with E-state index in [2.05, 4.69) is 4.74 Å². The lowest BCUT2D eigenvalue weighted by Gasteiger charge is -2.24. The number of hydrogen-bond donors (Lipinski definition) is 0. The minimum absolute atomic E-state index is 0.0617. The first kappa shape index (κ1) is 18.1. The maximum atomic E-state index is 13.0. The summed E-state index contributed by atoms with van der Waals surface area (Å²) < 4.78 is 44.2. The van der Waals surface area contributed by atoms with E-state index >= 15 is 0 Å². The molecule has 0 saturated heterocycles. The van der Waals surface area contributed by atoms with E-state index in [0.717, 1.165) is 0 Å². The van der Waals surface area contributed by atoms with Gasteiger partial charge in [0.15, 0.2) is 0 Å². The number of halogens is 1. The lowest BCUT2D eigenvalue weighted by Crippen LogP contribution is -2.29. The Morgan fingerprint density at radius 1 is 1.08 bits per heavy atom. The molecule has 5 nitrogen and oxygen atoms in total. The molecule has 0 N–H and O–H groups in total. The van der Waals surface area contributed by atoms with Crippen molar-refractivity contribution in [1.29, 1.82) is 0 Å². The second kappa shape index (κ2) is 7.11. The highest BCUT2D eigenvalue weighted by Crippen LogP contribution is 2.26. The molecular formula is C17H18FNO4S. The van der Waals surface area contributed by atoms with Crippen LogP contribution in [0.5, 0.6) is 0 Å². The summed E-state index contributed by atoms with van der Waals surface area (Å²) in [6.07, 6.45) is 0. The van der Waals surface area contributed by atoms with E-state index in [1.165, 1.54) is 54.9 Å². The van der Waals surface area contributed by atoms with Crippen LogP contribution in [0.4, 0.5) is 4.39 Å². The molecule has 1 atom stereocenters. The van der Waals surface area contributed by atoms with Crippen LogP contribution in [-0.4, -0.2) is 32.8 Å². The van der Waals surface area contributed by atoms with Gasteiger partial charge in [0.25, 0.3) is 0 Å². The van der Waals surface area contributed by atoms with Crippen molar-refractivity contribution in [3.8, 4) is 0 Å². The molecule has 2 rings (SSSR count). The summed E-state index contributed by atoms with van der Waals surface area (Å²) in [7, 11) is -1.05. The second-order valence-corrected chi connectivity index (χ2v) is 7.26. The van der Waals surface area contributed by atoms with Gasteiger partial charge in [0.05, 0.1) is 17.6 Å². The molecule has 0 aliphatic rings. The zero-order valence-corrected chi connectivity index (χ0v) is 14.4. The molecule has 0 spiro atoms. The van der Waals surface area contributed by atoms with Crippen LogP contribution in [-0.2, 0) is 14.8 Å². The van der Waals surface area contributed by atoms with Gasteiger partial charge < -0.3 is 4.74 Å². The molecule has 2 aromatic rings. The molecule has 1 unspecified atom stereocenters. The van der Waals surface area contributed by atoms with E-state index in [1.54, 1.807) is 19.1 Å². The monoisotopic (exact) mass is 351 g/mol. The molecule has 0 bridgehead atoms. The van der Waals surface area contributed by atoms with Crippen LogP contribution in [0.25, 0.3) is 0 Å². The third kappa shape index (κ3) is 3.63. The van der Waals surface area contributed by atoms with E-state index in [4.69, 9.17) is 0 Å². The fourth-order valence-corrected chi connectivity index (χ4v) is 3.56. The first-order valence-corrected chi connectivity index (χ1v) is 8.63. The molecular weight excluding hydrogens is 333 g/mol. The van der Waals surface area contributed by atoms with Crippen LogP contribution in [0.1, 0.15) is 28.9 Å². The molecule has 0 fully saturated rings. The van der Waals surface area contributed by atoms with Gasteiger partial charge in [0, 0.05) is 13.1 Å². The van der Waals surface area contributed by atoms with Gasteiger partial charge in [-0.25, -0.2) is 17.6 Å². The van der Waals surface area contributed by atoms with Crippen LogP contribution < -0.4 is 0 Å². The Morgan fingerprint density at radius 2 is 1.62 bits per heavy atom. The number of methoxy groups -OCH3 is 1.